The molecule has 0 amide bonds. The van der Waals surface area contributed by atoms with Crippen LogP contribution in [0.5, 0.6) is 5.75 Å². The number of alkyl halides is 3. The maximum Gasteiger partial charge on any atom is 0.411 e. The molecule has 1 aromatic rings. The SMILES string of the molecule is CCNC(CCOCC(F)(F)F)c1ncccc1OC. The van der Waals surface area contributed by atoms with E-state index in [1.54, 1.807) is 18.3 Å². The Morgan fingerprint density at radius 1 is 1.40 bits per heavy atom. The lowest BCUT2D eigenvalue weighted by molar-refractivity contribution is -0.174. The Morgan fingerprint density at radius 2 is 2.15 bits per heavy atom. The van der Waals surface area contributed by atoms with Gasteiger partial charge in [-0.1, -0.05) is 6.92 Å². The molecule has 114 valence electrons. The van der Waals surface area contributed by atoms with E-state index in [0.717, 1.165) is 0 Å². The minimum atomic E-state index is -4.30. The van der Waals surface area contributed by atoms with Gasteiger partial charge in [-0.15, -0.1) is 0 Å². The van der Waals surface area contributed by atoms with E-state index in [-0.39, 0.29) is 12.6 Å². The lowest BCUT2D eigenvalue weighted by Gasteiger charge is -2.19. The molecule has 1 N–H and O–H groups in total. The van der Waals surface area contributed by atoms with Crippen molar-refractivity contribution in [2.75, 3.05) is 26.9 Å². The fourth-order valence-electron chi connectivity index (χ4n) is 1.81. The Balaban J connectivity index is 2.60. The van der Waals surface area contributed by atoms with Gasteiger partial charge in [-0.3, -0.25) is 4.98 Å². The zero-order chi connectivity index (χ0) is 15.0. The average molecular weight is 292 g/mol. The molecule has 1 atom stereocenters. The molecule has 0 saturated heterocycles. The number of halogens is 3. The van der Waals surface area contributed by atoms with Crippen LogP contribution in [-0.2, 0) is 4.74 Å². The van der Waals surface area contributed by atoms with Gasteiger partial charge in [0.05, 0.1) is 18.8 Å². The molecule has 1 rings (SSSR count). The molecular formula is C13H19F3N2O2. The quantitative estimate of drug-likeness (QED) is 0.748. The van der Waals surface area contributed by atoms with Crippen molar-refractivity contribution in [3.8, 4) is 5.75 Å². The van der Waals surface area contributed by atoms with Gasteiger partial charge in [-0.2, -0.15) is 13.2 Å². The molecule has 4 nitrogen and oxygen atoms in total. The van der Waals surface area contributed by atoms with Crippen molar-refractivity contribution in [2.24, 2.45) is 0 Å². The highest BCUT2D eigenvalue weighted by molar-refractivity contribution is 5.29. The van der Waals surface area contributed by atoms with Gasteiger partial charge in [0, 0.05) is 12.8 Å². The van der Waals surface area contributed by atoms with Crippen LogP contribution in [0.25, 0.3) is 0 Å². The van der Waals surface area contributed by atoms with Crippen molar-refractivity contribution < 1.29 is 22.6 Å². The highest BCUT2D eigenvalue weighted by Crippen LogP contribution is 2.25. The lowest BCUT2D eigenvalue weighted by Crippen LogP contribution is -2.25. The molecule has 0 spiro atoms. The largest absolute Gasteiger partial charge is 0.495 e. The minimum Gasteiger partial charge on any atom is -0.495 e. The number of ether oxygens (including phenoxy) is 2. The van der Waals surface area contributed by atoms with Crippen LogP contribution in [0.3, 0.4) is 0 Å². The summed E-state index contributed by atoms with van der Waals surface area (Å²) in [4.78, 5) is 4.23. The van der Waals surface area contributed by atoms with Crippen molar-refractivity contribution in [3.05, 3.63) is 24.0 Å². The molecule has 0 bridgehead atoms. The lowest BCUT2D eigenvalue weighted by atomic mass is 10.1. The Labute approximate surface area is 116 Å². The predicted molar refractivity (Wildman–Crippen MR) is 68.7 cm³/mol. The molecule has 7 heteroatoms. The molecule has 1 aromatic heterocycles. The van der Waals surface area contributed by atoms with Crippen LogP contribution >= 0.6 is 0 Å². The summed E-state index contributed by atoms with van der Waals surface area (Å²) in [5.74, 6) is 0.606. The third kappa shape index (κ3) is 5.75. The van der Waals surface area contributed by atoms with Crippen molar-refractivity contribution in [1.29, 1.82) is 0 Å². The number of pyridine rings is 1. The highest BCUT2D eigenvalue weighted by Gasteiger charge is 2.27. The summed E-state index contributed by atoms with van der Waals surface area (Å²) in [6.45, 7) is 1.35. The molecule has 1 heterocycles. The third-order valence-electron chi connectivity index (χ3n) is 2.62. The number of methoxy groups -OCH3 is 1. The van der Waals surface area contributed by atoms with E-state index in [0.29, 0.717) is 24.4 Å². The zero-order valence-electron chi connectivity index (χ0n) is 11.5. The first kappa shape index (κ1) is 16.7. The maximum atomic E-state index is 12.0. The standard InChI is InChI=1S/C13H19F3N2O2/c1-3-17-10(6-8-20-9-13(14,15)16)12-11(19-2)5-4-7-18-12/h4-5,7,10,17H,3,6,8-9H2,1-2H3. The van der Waals surface area contributed by atoms with Gasteiger partial charge in [0.25, 0.3) is 0 Å². The van der Waals surface area contributed by atoms with E-state index in [4.69, 9.17) is 4.74 Å². The summed E-state index contributed by atoms with van der Waals surface area (Å²) in [5.41, 5.74) is 0.674. The van der Waals surface area contributed by atoms with Crippen LogP contribution in [0, 0.1) is 0 Å². The van der Waals surface area contributed by atoms with Crippen molar-refractivity contribution >= 4 is 0 Å². The third-order valence-corrected chi connectivity index (χ3v) is 2.62. The number of hydrogen-bond acceptors (Lipinski definition) is 4. The molecule has 0 aliphatic carbocycles. The summed E-state index contributed by atoms with van der Waals surface area (Å²) in [5, 5.41) is 3.17. The fourth-order valence-corrected chi connectivity index (χ4v) is 1.81. The van der Waals surface area contributed by atoms with E-state index in [9.17, 15) is 13.2 Å². The first-order chi connectivity index (χ1) is 9.48. The molecule has 0 radical (unpaired) electrons. The summed E-state index contributed by atoms with van der Waals surface area (Å²) >= 11 is 0. The number of nitrogens with one attached hydrogen (secondary N) is 1. The zero-order valence-corrected chi connectivity index (χ0v) is 11.5. The van der Waals surface area contributed by atoms with Gasteiger partial charge in [0.1, 0.15) is 12.4 Å². The number of rotatable bonds is 8. The van der Waals surface area contributed by atoms with Crippen LogP contribution < -0.4 is 10.1 Å². The molecule has 0 saturated carbocycles. The summed E-state index contributed by atoms with van der Waals surface area (Å²) in [6, 6.07) is 3.30. The van der Waals surface area contributed by atoms with E-state index < -0.39 is 12.8 Å². The van der Waals surface area contributed by atoms with Gasteiger partial charge in [-0.05, 0) is 25.1 Å². The monoisotopic (exact) mass is 292 g/mol. The average Bonchev–Trinajstić information content (AvgIpc) is 2.41. The van der Waals surface area contributed by atoms with Crippen LogP contribution in [0.2, 0.25) is 0 Å². The van der Waals surface area contributed by atoms with Crippen LogP contribution in [0.4, 0.5) is 13.2 Å². The second kappa shape index (κ2) is 8.06. The van der Waals surface area contributed by atoms with E-state index in [1.165, 1.54) is 7.11 Å². The van der Waals surface area contributed by atoms with Gasteiger partial charge >= 0.3 is 6.18 Å². The van der Waals surface area contributed by atoms with Gasteiger partial charge in [-0.25, -0.2) is 0 Å². The Kier molecular flexibility index (Phi) is 6.74. The van der Waals surface area contributed by atoms with E-state index >= 15 is 0 Å². The Morgan fingerprint density at radius 3 is 2.75 bits per heavy atom. The highest BCUT2D eigenvalue weighted by atomic mass is 19.4. The Bertz CT molecular complexity index is 399. The fraction of sp³-hybridized carbons (Fsp3) is 0.615. The van der Waals surface area contributed by atoms with Crippen molar-refractivity contribution in [2.45, 2.75) is 25.6 Å². The second-order valence-electron chi connectivity index (χ2n) is 4.16. The van der Waals surface area contributed by atoms with E-state index in [1.807, 2.05) is 6.92 Å². The van der Waals surface area contributed by atoms with Crippen LogP contribution in [0.1, 0.15) is 25.1 Å². The number of aromatic nitrogens is 1. The predicted octanol–water partition coefficient (Wildman–Crippen LogP) is 2.71. The van der Waals surface area contributed by atoms with Gasteiger partial charge < -0.3 is 14.8 Å². The molecule has 20 heavy (non-hydrogen) atoms. The number of nitrogens with zero attached hydrogens (tertiary/aromatic N) is 1. The van der Waals surface area contributed by atoms with Gasteiger partial charge in [0.2, 0.25) is 0 Å². The summed E-state index contributed by atoms with van der Waals surface area (Å²) in [7, 11) is 1.53. The Hall–Kier alpha value is -1.34. The molecule has 0 aliphatic heterocycles. The minimum absolute atomic E-state index is 0.00307. The van der Waals surface area contributed by atoms with Gasteiger partial charge in [0.15, 0.2) is 0 Å². The normalized spacial score (nSPS) is 13.2. The maximum absolute atomic E-state index is 12.0. The first-order valence-corrected chi connectivity index (χ1v) is 6.34. The molecule has 0 aromatic carbocycles. The molecule has 0 aliphatic rings. The topological polar surface area (TPSA) is 43.4 Å². The molecule has 1 unspecified atom stereocenters. The van der Waals surface area contributed by atoms with Crippen LogP contribution in [0.15, 0.2) is 18.3 Å². The van der Waals surface area contributed by atoms with E-state index in [2.05, 4.69) is 15.0 Å². The van der Waals surface area contributed by atoms with Crippen LogP contribution in [-0.4, -0.2) is 38.0 Å². The van der Waals surface area contributed by atoms with Crippen molar-refractivity contribution in [3.63, 3.8) is 0 Å². The number of hydrogen-bond donors (Lipinski definition) is 1. The smallest absolute Gasteiger partial charge is 0.411 e. The first-order valence-electron chi connectivity index (χ1n) is 6.34. The molecule has 0 fully saturated rings. The van der Waals surface area contributed by atoms with Crippen molar-refractivity contribution in [1.82, 2.24) is 10.3 Å². The summed E-state index contributed by atoms with van der Waals surface area (Å²) < 4.78 is 45.8. The second-order valence-corrected chi connectivity index (χ2v) is 4.16. The summed E-state index contributed by atoms with van der Waals surface area (Å²) in [6.07, 6.45) is -2.29. The molecular weight excluding hydrogens is 273 g/mol.